The van der Waals surface area contributed by atoms with E-state index in [1.807, 2.05) is 26.0 Å². The predicted molar refractivity (Wildman–Crippen MR) is 108 cm³/mol. The van der Waals surface area contributed by atoms with E-state index in [2.05, 4.69) is 9.97 Å². The fourth-order valence-corrected chi connectivity index (χ4v) is 3.51. The summed E-state index contributed by atoms with van der Waals surface area (Å²) in [5.41, 5.74) is 5.10. The highest BCUT2D eigenvalue weighted by Crippen LogP contribution is 2.34. The highest BCUT2D eigenvalue weighted by molar-refractivity contribution is 6.33. The Kier molecular flexibility index (Phi) is 4.08. The minimum atomic E-state index is 0.0967. The summed E-state index contributed by atoms with van der Waals surface area (Å²) in [7, 11) is 1.55. The number of nitrogens with zero attached hydrogens (tertiary/aromatic N) is 2. The lowest BCUT2D eigenvalue weighted by molar-refractivity contribution is 0.411. The first-order valence-corrected chi connectivity index (χ1v) is 8.86. The number of aromatic nitrogens is 2. The van der Waals surface area contributed by atoms with Gasteiger partial charge in [0.05, 0.1) is 35.3 Å². The molecule has 1 aromatic heterocycles. The Hall–Kier alpha value is -2.99. The number of methoxy groups -OCH3 is 1. The molecule has 3 aromatic rings. The third-order valence-electron chi connectivity index (χ3n) is 4.88. The Labute approximate surface area is 161 Å². The molecular formula is C20H19ClN4O2. The lowest BCUT2D eigenvalue weighted by Gasteiger charge is -2.19. The summed E-state index contributed by atoms with van der Waals surface area (Å²) >= 11 is 6.21. The van der Waals surface area contributed by atoms with Crippen LogP contribution < -0.4 is 9.64 Å². The van der Waals surface area contributed by atoms with Gasteiger partial charge in [-0.25, -0.2) is 4.98 Å². The van der Waals surface area contributed by atoms with Gasteiger partial charge in [0, 0.05) is 5.69 Å². The van der Waals surface area contributed by atoms with E-state index in [1.54, 1.807) is 30.2 Å². The molecule has 2 aromatic carbocycles. The van der Waals surface area contributed by atoms with E-state index in [4.69, 9.17) is 21.7 Å². The van der Waals surface area contributed by atoms with Crippen molar-refractivity contribution in [2.45, 2.75) is 13.8 Å². The topological polar surface area (TPSA) is 85.2 Å². The van der Waals surface area contributed by atoms with Gasteiger partial charge in [0.25, 0.3) is 0 Å². The second-order valence-electron chi connectivity index (χ2n) is 6.61. The van der Waals surface area contributed by atoms with E-state index in [1.165, 1.54) is 0 Å². The number of hydrogen-bond donors (Lipinski definition) is 3. The first-order valence-electron chi connectivity index (χ1n) is 8.48. The van der Waals surface area contributed by atoms with Crippen molar-refractivity contribution >= 4 is 39.7 Å². The normalized spacial score (nSPS) is 14.5. The number of benzene rings is 2. The number of aryl methyl sites for hydroxylation is 2. The molecule has 138 valence electrons. The standard InChI is InChI=1S/C20H19ClN4O2/c1-10-6-14-15(7-11(10)2)24-20(23-14)18-16(26)9-25(19(18)22)12-4-5-17(27-3)13(21)8-12/h4-8,22,26H,9H2,1-3H3,(H,23,24). The van der Waals surface area contributed by atoms with Crippen LogP contribution in [0.25, 0.3) is 16.6 Å². The number of hydrogen-bond acceptors (Lipinski definition) is 4. The zero-order valence-corrected chi connectivity index (χ0v) is 16.0. The minimum Gasteiger partial charge on any atom is -0.509 e. The number of aliphatic hydroxyl groups is 1. The monoisotopic (exact) mass is 382 g/mol. The van der Waals surface area contributed by atoms with E-state index < -0.39 is 0 Å². The molecular weight excluding hydrogens is 364 g/mol. The van der Waals surface area contributed by atoms with Gasteiger partial charge in [0.2, 0.25) is 0 Å². The van der Waals surface area contributed by atoms with Crippen LogP contribution in [0.2, 0.25) is 5.02 Å². The van der Waals surface area contributed by atoms with E-state index in [0.717, 1.165) is 22.2 Å². The van der Waals surface area contributed by atoms with Gasteiger partial charge in [0.15, 0.2) is 0 Å². The number of amidine groups is 1. The van der Waals surface area contributed by atoms with Crippen LogP contribution in [0, 0.1) is 19.3 Å². The Morgan fingerprint density at radius 2 is 1.96 bits per heavy atom. The molecule has 2 heterocycles. The molecule has 27 heavy (non-hydrogen) atoms. The zero-order chi connectivity index (χ0) is 19.3. The molecule has 1 aliphatic heterocycles. The largest absolute Gasteiger partial charge is 0.509 e. The van der Waals surface area contributed by atoms with Gasteiger partial charge in [-0.15, -0.1) is 0 Å². The molecule has 0 atom stereocenters. The van der Waals surface area contributed by atoms with Crippen LogP contribution in [-0.2, 0) is 0 Å². The Morgan fingerprint density at radius 1 is 1.22 bits per heavy atom. The summed E-state index contributed by atoms with van der Waals surface area (Å²) in [5, 5.41) is 19.5. The van der Waals surface area contributed by atoms with Crippen LogP contribution in [0.4, 0.5) is 5.69 Å². The molecule has 0 saturated carbocycles. The Morgan fingerprint density at radius 3 is 2.67 bits per heavy atom. The Balaban J connectivity index is 1.71. The maximum absolute atomic E-state index is 10.5. The molecule has 1 aliphatic rings. The summed E-state index contributed by atoms with van der Waals surface area (Å²) in [6.07, 6.45) is 0. The van der Waals surface area contributed by atoms with Crippen molar-refractivity contribution in [3.8, 4) is 5.75 Å². The van der Waals surface area contributed by atoms with Crippen molar-refractivity contribution < 1.29 is 9.84 Å². The molecule has 0 amide bonds. The highest BCUT2D eigenvalue weighted by Gasteiger charge is 2.31. The number of aromatic amines is 1. The number of H-pyrrole nitrogens is 1. The summed E-state index contributed by atoms with van der Waals surface area (Å²) in [4.78, 5) is 9.49. The maximum Gasteiger partial charge on any atom is 0.145 e. The van der Waals surface area contributed by atoms with E-state index in [0.29, 0.717) is 27.9 Å². The lowest BCUT2D eigenvalue weighted by Crippen LogP contribution is -2.26. The molecule has 0 saturated heterocycles. The van der Waals surface area contributed by atoms with Crippen molar-refractivity contribution in [2.24, 2.45) is 0 Å². The number of ether oxygens (including phenoxy) is 1. The average molecular weight is 383 g/mol. The van der Waals surface area contributed by atoms with Gasteiger partial charge in [-0.1, -0.05) is 11.6 Å². The Bertz CT molecular complexity index is 1080. The van der Waals surface area contributed by atoms with Crippen molar-refractivity contribution in [1.29, 1.82) is 5.41 Å². The summed E-state index contributed by atoms with van der Waals surface area (Å²) < 4.78 is 5.18. The van der Waals surface area contributed by atoms with E-state index in [-0.39, 0.29) is 18.1 Å². The molecule has 0 radical (unpaired) electrons. The SMILES string of the molecule is COc1ccc(N2CC(O)=C(c3nc4cc(C)c(C)cc4[nH]3)C2=N)cc1Cl. The molecule has 6 nitrogen and oxygen atoms in total. The first-order chi connectivity index (χ1) is 12.9. The predicted octanol–water partition coefficient (Wildman–Crippen LogP) is 4.61. The fraction of sp³-hybridized carbons (Fsp3) is 0.200. The van der Waals surface area contributed by atoms with Crippen LogP contribution in [0.15, 0.2) is 36.1 Å². The number of anilines is 1. The lowest BCUT2D eigenvalue weighted by atomic mass is 10.1. The maximum atomic E-state index is 10.5. The fourth-order valence-electron chi connectivity index (χ4n) is 3.26. The number of imidazole rings is 1. The number of nitrogens with one attached hydrogen (secondary N) is 2. The number of rotatable bonds is 3. The van der Waals surface area contributed by atoms with Gasteiger partial charge in [0.1, 0.15) is 23.2 Å². The van der Waals surface area contributed by atoms with Crippen molar-refractivity contribution in [1.82, 2.24) is 9.97 Å². The minimum absolute atomic E-state index is 0.0967. The van der Waals surface area contributed by atoms with Crippen LogP contribution in [-0.4, -0.2) is 34.6 Å². The van der Waals surface area contributed by atoms with Gasteiger partial charge in [-0.3, -0.25) is 5.41 Å². The van der Waals surface area contributed by atoms with Gasteiger partial charge >= 0.3 is 0 Å². The van der Waals surface area contributed by atoms with Crippen molar-refractivity contribution in [2.75, 3.05) is 18.6 Å². The second-order valence-corrected chi connectivity index (χ2v) is 7.02. The second kappa shape index (κ2) is 6.32. The number of aliphatic hydroxyl groups excluding tert-OH is 1. The van der Waals surface area contributed by atoms with Gasteiger partial charge in [-0.2, -0.15) is 0 Å². The smallest absolute Gasteiger partial charge is 0.145 e. The molecule has 0 aliphatic carbocycles. The summed E-state index contributed by atoms with van der Waals surface area (Å²) in [5.74, 6) is 1.31. The van der Waals surface area contributed by atoms with E-state index >= 15 is 0 Å². The number of fused-ring (bicyclic) bond motifs is 1. The number of halogens is 1. The molecule has 0 spiro atoms. The van der Waals surface area contributed by atoms with Crippen LogP contribution >= 0.6 is 11.6 Å². The molecule has 0 fully saturated rings. The highest BCUT2D eigenvalue weighted by atomic mass is 35.5. The molecule has 3 N–H and O–H groups in total. The van der Waals surface area contributed by atoms with Crippen LogP contribution in [0.1, 0.15) is 17.0 Å². The first kappa shape index (κ1) is 17.4. The van der Waals surface area contributed by atoms with Gasteiger partial charge in [-0.05, 0) is 55.3 Å². The summed E-state index contributed by atoms with van der Waals surface area (Å²) in [6, 6.07) is 9.30. The molecule has 0 bridgehead atoms. The average Bonchev–Trinajstić information content (AvgIpc) is 3.15. The van der Waals surface area contributed by atoms with Crippen molar-refractivity contribution in [3.05, 3.63) is 58.1 Å². The third-order valence-corrected chi connectivity index (χ3v) is 5.18. The van der Waals surface area contributed by atoms with E-state index in [9.17, 15) is 5.11 Å². The zero-order valence-electron chi connectivity index (χ0n) is 15.2. The van der Waals surface area contributed by atoms with Crippen LogP contribution in [0.5, 0.6) is 5.75 Å². The molecule has 4 rings (SSSR count). The molecule has 7 heteroatoms. The summed E-state index contributed by atoms with van der Waals surface area (Å²) in [6.45, 7) is 4.26. The van der Waals surface area contributed by atoms with Gasteiger partial charge < -0.3 is 19.7 Å². The van der Waals surface area contributed by atoms with Crippen LogP contribution in [0.3, 0.4) is 0 Å². The van der Waals surface area contributed by atoms with Crippen molar-refractivity contribution in [3.63, 3.8) is 0 Å². The molecule has 0 unspecified atom stereocenters. The quantitative estimate of drug-likeness (QED) is 0.617. The third kappa shape index (κ3) is 2.82.